The highest BCUT2D eigenvalue weighted by atomic mass is 16.5. The third kappa shape index (κ3) is 4.35. The molecule has 0 aliphatic rings. The topological polar surface area (TPSA) is 100 Å². The standard InChI is InChI=1S/C28H29N3O6/c1-16(2)36-13-5-11-29-23(32)15-37-17-6-8-21-20(14-17)18-10-12-30-25-19-7-9-22(34-3)27(35-4)24(19)28(33)31(21)26(18)25/h6-10,12,14,16H,5,11,13,15H2,1-4H3,(H,29,32). The number of benzene rings is 2. The van der Waals surface area contributed by atoms with E-state index in [0.717, 1.165) is 22.7 Å². The highest BCUT2D eigenvalue weighted by molar-refractivity contribution is 6.19. The molecule has 192 valence electrons. The average molecular weight is 504 g/mol. The van der Waals surface area contributed by atoms with Gasteiger partial charge in [-0.15, -0.1) is 0 Å². The molecule has 5 rings (SSSR count). The summed E-state index contributed by atoms with van der Waals surface area (Å²) >= 11 is 0. The molecule has 0 atom stereocenters. The van der Waals surface area contributed by atoms with Gasteiger partial charge in [-0.2, -0.15) is 0 Å². The van der Waals surface area contributed by atoms with Crippen molar-refractivity contribution < 1.29 is 23.7 Å². The van der Waals surface area contributed by atoms with Crippen LogP contribution in [0.4, 0.5) is 0 Å². The molecule has 3 heterocycles. The van der Waals surface area contributed by atoms with Gasteiger partial charge in [-0.25, -0.2) is 0 Å². The molecule has 0 bridgehead atoms. The number of aromatic nitrogens is 2. The van der Waals surface area contributed by atoms with Gasteiger partial charge in [-0.3, -0.25) is 19.0 Å². The van der Waals surface area contributed by atoms with E-state index in [-0.39, 0.29) is 24.2 Å². The zero-order chi connectivity index (χ0) is 26.1. The van der Waals surface area contributed by atoms with Gasteiger partial charge in [0.05, 0.1) is 42.3 Å². The third-order valence-electron chi connectivity index (χ3n) is 6.33. The summed E-state index contributed by atoms with van der Waals surface area (Å²) in [6, 6.07) is 10.9. The van der Waals surface area contributed by atoms with Gasteiger partial charge < -0.3 is 24.3 Å². The largest absolute Gasteiger partial charge is 0.493 e. The van der Waals surface area contributed by atoms with Crippen LogP contribution in [0.25, 0.3) is 38.1 Å². The van der Waals surface area contributed by atoms with Crippen LogP contribution in [0.3, 0.4) is 0 Å². The fourth-order valence-corrected chi connectivity index (χ4v) is 4.71. The number of carbonyl (C=O) groups is 1. The molecule has 9 heteroatoms. The predicted octanol–water partition coefficient (Wildman–Crippen LogP) is 3.92. The number of hydrogen-bond donors (Lipinski definition) is 1. The van der Waals surface area contributed by atoms with Crippen LogP contribution < -0.4 is 25.1 Å². The van der Waals surface area contributed by atoms with Gasteiger partial charge >= 0.3 is 0 Å². The first kappa shape index (κ1) is 24.6. The minimum absolute atomic E-state index is 0.108. The van der Waals surface area contributed by atoms with Crippen LogP contribution in [0.1, 0.15) is 20.3 Å². The lowest BCUT2D eigenvalue weighted by atomic mass is 10.1. The molecular formula is C28H29N3O6. The zero-order valence-corrected chi connectivity index (χ0v) is 21.3. The van der Waals surface area contributed by atoms with E-state index in [0.29, 0.717) is 52.2 Å². The Bertz CT molecular complexity index is 1660. The molecule has 1 amide bonds. The van der Waals surface area contributed by atoms with Crippen molar-refractivity contribution in [2.24, 2.45) is 0 Å². The Morgan fingerprint density at radius 1 is 1.05 bits per heavy atom. The molecule has 0 saturated heterocycles. The van der Waals surface area contributed by atoms with Gasteiger partial charge in [0, 0.05) is 35.5 Å². The molecule has 0 radical (unpaired) electrons. The van der Waals surface area contributed by atoms with E-state index in [1.54, 1.807) is 22.7 Å². The van der Waals surface area contributed by atoms with Crippen molar-refractivity contribution in [3.63, 3.8) is 0 Å². The molecule has 3 aromatic heterocycles. The molecule has 37 heavy (non-hydrogen) atoms. The highest BCUT2D eigenvalue weighted by Crippen LogP contribution is 2.39. The Morgan fingerprint density at radius 3 is 2.65 bits per heavy atom. The smallest absolute Gasteiger partial charge is 0.267 e. The number of nitrogens with zero attached hydrogens (tertiary/aromatic N) is 2. The number of amides is 1. The van der Waals surface area contributed by atoms with E-state index in [4.69, 9.17) is 18.9 Å². The number of hydrogen-bond acceptors (Lipinski definition) is 7. The molecule has 5 aromatic rings. The summed E-state index contributed by atoms with van der Waals surface area (Å²) in [5.74, 6) is 1.18. The van der Waals surface area contributed by atoms with Crippen molar-refractivity contribution in [1.82, 2.24) is 14.7 Å². The molecule has 0 unspecified atom stereocenters. The maximum absolute atomic E-state index is 13.8. The Labute approximate surface area is 213 Å². The molecule has 0 fully saturated rings. The van der Waals surface area contributed by atoms with Crippen molar-refractivity contribution >= 4 is 44.0 Å². The van der Waals surface area contributed by atoms with Crippen LogP contribution in [0.2, 0.25) is 0 Å². The Kier molecular flexibility index (Phi) is 6.71. The predicted molar refractivity (Wildman–Crippen MR) is 142 cm³/mol. The van der Waals surface area contributed by atoms with Crippen molar-refractivity contribution in [3.8, 4) is 17.2 Å². The number of rotatable bonds is 10. The van der Waals surface area contributed by atoms with Crippen molar-refractivity contribution in [2.45, 2.75) is 26.4 Å². The number of ether oxygens (including phenoxy) is 4. The van der Waals surface area contributed by atoms with E-state index >= 15 is 0 Å². The quantitative estimate of drug-likeness (QED) is 0.228. The van der Waals surface area contributed by atoms with Gasteiger partial charge in [0.2, 0.25) is 0 Å². The minimum atomic E-state index is -0.222. The normalized spacial score (nSPS) is 11.7. The lowest BCUT2D eigenvalue weighted by molar-refractivity contribution is -0.123. The van der Waals surface area contributed by atoms with E-state index in [2.05, 4.69) is 10.3 Å². The van der Waals surface area contributed by atoms with E-state index in [9.17, 15) is 9.59 Å². The summed E-state index contributed by atoms with van der Waals surface area (Å²) < 4.78 is 23.9. The van der Waals surface area contributed by atoms with Crippen LogP contribution >= 0.6 is 0 Å². The highest BCUT2D eigenvalue weighted by Gasteiger charge is 2.22. The molecule has 0 spiro atoms. The maximum Gasteiger partial charge on any atom is 0.267 e. The van der Waals surface area contributed by atoms with Crippen LogP contribution in [0.5, 0.6) is 17.2 Å². The molecule has 2 aromatic carbocycles. The maximum atomic E-state index is 13.8. The first-order valence-corrected chi connectivity index (χ1v) is 12.2. The second kappa shape index (κ2) is 10.1. The molecule has 0 aliphatic heterocycles. The van der Waals surface area contributed by atoms with Gasteiger partial charge in [0.1, 0.15) is 5.75 Å². The summed E-state index contributed by atoms with van der Waals surface area (Å²) in [7, 11) is 3.05. The fraction of sp³-hybridized carbons (Fsp3) is 0.321. The second-order valence-electron chi connectivity index (χ2n) is 9.01. The summed E-state index contributed by atoms with van der Waals surface area (Å²) in [5, 5.41) is 5.63. The number of carbonyl (C=O) groups excluding carboxylic acids is 1. The zero-order valence-electron chi connectivity index (χ0n) is 21.3. The Hall–Kier alpha value is -4.11. The summed E-state index contributed by atoms with van der Waals surface area (Å²) in [4.78, 5) is 30.6. The number of fused-ring (bicyclic) bond motifs is 5. The van der Waals surface area contributed by atoms with Crippen molar-refractivity contribution in [3.05, 3.63) is 52.9 Å². The first-order chi connectivity index (χ1) is 17.9. The summed E-state index contributed by atoms with van der Waals surface area (Å²) in [6.07, 6.45) is 2.63. The summed E-state index contributed by atoms with van der Waals surface area (Å²) in [5.41, 5.74) is 1.90. The molecule has 9 nitrogen and oxygen atoms in total. The van der Waals surface area contributed by atoms with Crippen LogP contribution in [-0.2, 0) is 9.53 Å². The van der Waals surface area contributed by atoms with Crippen LogP contribution in [0.15, 0.2) is 47.4 Å². The van der Waals surface area contributed by atoms with Gasteiger partial charge in [-0.05, 0) is 56.7 Å². The molecule has 1 N–H and O–H groups in total. The lowest BCUT2D eigenvalue weighted by Gasteiger charge is -2.12. The van der Waals surface area contributed by atoms with Crippen LogP contribution in [-0.4, -0.2) is 55.4 Å². The Balaban J connectivity index is 1.50. The number of pyridine rings is 2. The van der Waals surface area contributed by atoms with Crippen molar-refractivity contribution in [2.75, 3.05) is 34.0 Å². The van der Waals surface area contributed by atoms with Gasteiger partial charge in [0.25, 0.3) is 11.5 Å². The van der Waals surface area contributed by atoms with E-state index < -0.39 is 0 Å². The molecule has 0 saturated carbocycles. The monoisotopic (exact) mass is 503 g/mol. The van der Waals surface area contributed by atoms with E-state index in [1.165, 1.54) is 14.2 Å². The fourth-order valence-electron chi connectivity index (χ4n) is 4.71. The Morgan fingerprint density at radius 2 is 1.89 bits per heavy atom. The third-order valence-corrected chi connectivity index (χ3v) is 6.33. The average Bonchev–Trinajstić information content (AvgIpc) is 3.24. The van der Waals surface area contributed by atoms with Crippen molar-refractivity contribution in [1.29, 1.82) is 0 Å². The number of nitrogens with one attached hydrogen (secondary N) is 1. The SMILES string of the molecule is COc1ccc2c(c1OC)c(=O)n1c3ccc(OCC(=O)NCCCOC(C)C)cc3c3ccnc2c31. The first-order valence-electron chi connectivity index (χ1n) is 12.2. The van der Waals surface area contributed by atoms with E-state index in [1.807, 2.05) is 38.1 Å². The summed E-state index contributed by atoms with van der Waals surface area (Å²) in [6.45, 7) is 4.96. The van der Waals surface area contributed by atoms with Gasteiger partial charge in [0.15, 0.2) is 18.1 Å². The van der Waals surface area contributed by atoms with Crippen LogP contribution in [0, 0.1) is 0 Å². The number of methoxy groups -OCH3 is 2. The second-order valence-corrected chi connectivity index (χ2v) is 9.01. The molecule has 0 aliphatic carbocycles. The minimum Gasteiger partial charge on any atom is -0.493 e. The van der Waals surface area contributed by atoms with Gasteiger partial charge in [-0.1, -0.05) is 0 Å². The lowest BCUT2D eigenvalue weighted by Crippen LogP contribution is -2.30. The molecular weight excluding hydrogens is 474 g/mol.